The van der Waals surface area contributed by atoms with Gasteiger partial charge in [-0.15, -0.1) is 11.3 Å². The fourth-order valence-corrected chi connectivity index (χ4v) is 3.83. The Morgan fingerprint density at radius 2 is 2.06 bits per heavy atom. The number of aliphatic hydroxyl groups is 1. The standard InChI is InChI=1S/C14H15BrOS/c1-3-10-6-4-5-7-11(10)13(16)14-12(15)8-9(2)17-14/h4-8,13,16H,3H2,1-2H3. The molecule has 1 heterocycles. The fourth-order valence-electron chi connectivity index (χ4n) is 1.95. The molecule has 0 radical (unpaired) electrons. The van der Waals surface area contributed by atoms with Gasteiger partial charge in [0.25, 0.3) is 0 Å². The zero-order chi connectivity index (χ0) is 12.4. The van der Waals surface area contributed by atoms with Gasteiger partial charge in [0.2, 0.25) is 0 Å². The van der Waals surface area contributed by atoms with Gasteiger partial charge < -0.3 is 5.11 Å². The largest absolute Gasteiger partial charge is 0.383 e. The van der Waals surface area contributed by atoms with Crippen molar-refractivity contribution in [1.29, 1.82) is 0 Å². The third-order valence-electron chi connectivity index (χ3n) is 2.82. The Balaban J connectivity index is 2.43. The van der Waals surface area contributed by atoms with Crippen molar-refractivity contribution in [3.8, 4) is 0 Å². The number of aliphatic hydroxyl groups excluding tert-OH is 1. The van der Waals surface area contributed by atoms with Crippen LogP contribution in [0.15, 0.2) is 34.8 Å². The number of aryl methyl sites for hydroxylation is 2. The van der Waals surface area contributed by atoms with Crippen LogP contribution in [0.1, 0.15) is 33.9 Å². The highest BCUT2D eigenvalue weighted by Gasteiger charge is 2.18. The maximum Gasteiger partial charge on any atom is 0.115 e. The molecule has 1 aromatic carbocycles. The summed E-state index contributed by atoms with van der Waals surface area (Å²) in [6.45, 7) is 4.16. The quantitative estimate of drug-likeness (QED) is 0.887. The van der Waals surface area contributed by atoms with E-state index in [-0.39, 0.29) is 0 Å². The van der Waals surface area contributed by atoms with E-state index in [2.05, 4.69) is 41.9 Å². The molecule has 0 saturated carbocycles. The molecule has 0 saturated heterocycles. The van der Waals surface area contributed by atoms with Crippen LogP contribution in [0.4, 0.5) is 0 Å². The summed E-state index contributed by atoms with van der Waals surface area (Å²) in [7, 11) is 0. The third-order valence-corrected chi connectivity index (χ3v) is 4.84. The van der Waals surface area contributed by atoms with Gasteiger partial charge in [0.05, 0.1) is 4.88 Å². The maximum absolute atomic E-state index is 10.5. The highest BCUT2D eigenvalue weighted by molar-refractivity contribution is 9.10. The second-order valence-corrected chi connectivity index (χ2v) is 6.17. The molecular formula is C14H15BrOS. The Morgan fingerprint density at radius 3 is 2.65 bits per heavy atom. The first-order valence-corrected chi connectivity index (χ1v) is 7.26. The smallest absolute Gasteiger partial charge is 0.115 e. The molecule has 0 aliphatic carbocycles. The monoisotopic (exact) mass is 310 g/mol. The summed E-state index contributed by atoms with van der Waals surface area (Å²) in [5, 5.41) is 10.5. The van der Waals surface area contributed by atoms with E-state index < -0.39 is 6.10 Å². The summed E-state index contributed by atoms with van der Waals surface area (Å²) >= 11 is 5.15. The zero-order valence-electron chi connectivity index (χ0n) is 9.90. The molecule has 1 nitrogen and oxygen atoms in total. The predicted octanol–water partition coefficient (Wildman–Crippen LogP) is 4.46. The molecule has 0 amide bonds. The van der Waals surface area contributed by atoms with Crippen molar-refractivity contribution in [2.24, 2.45) is 0 Å². The van der Waals surface area contributed by atoms with Crippen molar-refractivity contribution in [3.63, 3.8) is 0 Å². The van der Waals surface area contributed by atoms with Crippen molar-refractivity contribution < 1.29 is 5.11 Å². The van der Waals surface area contributed by atoms with Crippen LogP contribution in [0.3, 0.4) is 0 Å². The lowest BCUT2D eigenvalue weighted by Gasteiger charge is -2.14. The predicted molar refractivity (Wildman–Crippen MR) is 76.6 cm³/mol. The minimum atomic E-state index is -0.528. The molecule has 0 aliphatic rings. The molecule has 3 heteroatoms. The lowest BCUT2D eigenvalue weighted by Crippen LogP contribution is -2.01. The van der Waals surface area contributed by atoms with Crippen LogP contribution in [0, 0.1) is 6.92 Å². The van der Waals surface area contributed by atoms with E-state index in [9.17, 15) is 5.11 Å². The molecule has 0 fully saturated rings. The van der Waals surface area contributed by atoms with Crippen molar-refractivity contribution in [1.82, 2.24) is 0 Å². The first-order chi connectivity index (χ1) is 8.13. The van der Waals surface area contributed by atoms with Gasteiger partial charge >= 0.3 is 0 Å². The molecule has 1 N–H and O–H groups in total. The van der Waals surface area contributed by atoms with E-state index in [0.29, 0.717) is 0 Å². The number of rotatable bonds is 3. The van der Waals surface area contributed by atoms with Gasteiger partial charge in [0.1, 0.15) is 6.10 Å². The Bertz CT molecular complexity index is 519. The first kappa shape index (κ1) is 12.8. The topological polar surface area (TPSA) is 20.2 Å². The van der Waals surface area contributed by atoms with Crippen LogP contribution in [-0.2, 0) is 6.42 Å². The Labute approximate surface area is 114 Å². The Kier molecular flexibility index (Phi) is 4.02. The normalized spacial score (nSPS) is 12.7. The van der Waals surface area contributed by atoms with E-state index in [1.165, 1.54) is 10.4 Å². The van der Waals surface area contributed by atoms with Gasteiger partial charge in [0, 0.05) is 9.35 Å². The van der Waals surface area contributed by atoms with E-state index in [4.69, 9.17) is 0 Å². The molecule has 90 valence electrons. The van der Waals surface area contributed by atoms with Crippen LogP contribution < -0.4 is 0 Å². The van der Waals surface area contributed by atoms with Gasteiger partial charge in [-0.3, -0.25) is 0 Å². The van der Waals surface area contributed by atoms with E-state index >= 15 is 0 Å². The highest BCUT2D eigenvalue weighted by atomic mass is 79.9. The van der Waals surface area contributed by atoms with Gasteiger partial charge in [-0.05, 0) is 46.5 Å². The van der Waals surface area contributed by atoms with E-state index in [1.807, 2.05) is 18.2 Å². The summed E-state index contributed by atoms with van der Waals surface area (Å²) in [5.74, 6) is 0. The number of thiophene rings is 1. The zero-order valence-corrected chi connectivity index (χ0v) is 12.3. The molecule has 2 rings (SSSR count). The van der Waals surface area contributed by atoms with Gasteiger partial charge in [-0.2, -0.15) is 0 Å². The van der Waals surface area contributed by atoms with Crippen LogP contribution in [0.5, 0.6) is 0 Å². The Hall–Kier alpha value is -0.640. The number of halogens is 1. The lowest BCUT2D eigenvalue weighted by molar-refractivity contribution is 0.222. The molecule has 2 aromatic rings. The second-order valence-electron chi connectivity index (χ2n) is 4.02. The van der Waals surface area contributed by atoms with Crippen molar-refractivity contribution in [3.05, 3.63) is 55.7 Å². The summed E-state index contributed by atoms with van der Waals surface area (Å²) in [4.78, 5) is 2.20. The second kappa shape index (κ2) is 5.34. The van der Waals surface area contributed by atoms with Crippen LogP contribution in [0.2, 0.25) is 0 Å². The molecule has 17 heavy (non-hydrogen) atoms. The molecular weight excluding hydrogens is 296 g/mol. The molecule has 1 aromatic heterocycles. The summed E-state index contributed by atoms with van der Waals surface area (Å²) in [6, 6.07) is 10.1. The minimum Gasteiger partial charge on any atom is -0.383 e. The lowest BCUT2D eigenvalue weighted by atomic mass is 10.00. The minimum absolute atomic E-state index is 0.528. The highest BCUT2D eigenvalue weighted by Crippen LogP contribution is 2.36. The first-order valence-electron chi connectivity index (χ1n) is 5.65. The van der Waals surface area contributed by atoms with Gasteiger partial charge in [0.15, 0.2) is 0 Å². The summed E-state index contributed by atoms with van der Waals surface area (Å²) < 4.78 is 0.999. The number of benzene rings is 1. The average molecular weight is 311 g/mol. The summed E-state index contributed by atoms with van der Waals surface area (Å²) in [5.41, 5.74) is 2.22. The Morgan fingerprint density at radius 1 is 1.35 bits per heavy atom. The molecule has 0 aliphatic heterocycles. The fraction of sp³-hybridized carbons (Fsp3) is 0.286. The van der Waals surface area contributed by atoms with Gasteiger partial charge in [-0.25, -0.2) is 0 Å². The van der Waals surface area contributed by atoms with Crippen LogP contribution in [0.25, 0.3) is 0 Å². The molecule has 0 bridgehead atoms. The van der Waals surface area contributed by atoms with Crippen molar-refractivity contribution >= 4 is 27.3 Å². The molecule has 1 atom stereocenters. The van der Waals surface area contributed by atoms with E-state index in [0.717, 1.165) is 21.3 Å². The molecule has 1 unspecified atom stereocenters. The van der Waals surface area contributed by atoms with Crippen molar-refractivity contribution in [2.75, 3.05) is 0 Å². The SMILES string of the molecule is CCc1ccccc1C(O)c1sc(C)cc1Br. The van der Waals surface area contributed by atoms with E-state index in [1.54, 1.807) is 11.3 Å². The van der Waals surface area contributed by atoms with Crippen molar-refractivity contribution in [2.45, 2.75) is 26.4 Å². The summed E-state index contributed by atoms with van der Waals surface area (Å²) in [6.07, 6.45) is 0.411. The average Bonchev–Trinajstić information content (AvgIpc) is 2.67. The molecule has 0 spiro atoms. The number of hydrogen-bond acceptors (Lipinski definition) is 2. The third kappa shape index (κ3) is 2.62. The van der Waals surface area contributed by atoms with Gasteiger partial charge in [-0.1, -0.05) is 31.2 Å². The number of hydrogen-bond donors (Lipinski definition) is 1. The van der Waals surface area contributed by atoms with Crippen LogP contribution in [-0.4, -0.2) is 5.11 Å². The maximum atomic E-state index is 10.5. The van der Waals surface area contributed by atoms with Crippen LogP contribution >= 0.6 is 27.3 Å².